The molecule has 9 heteroatoms. The van der Waals surface area contributed by atoms with Gasteiger partial charge in [0.2, 0.25) is 5.91 Å². The van der Waals surface area contributed by atoms with Gasteiger partial charge in [-0.15, -0.1) is 0 Å². The van der Waals surface area contributed by atoms with Crippen LogP contribution in [0.15, 0.2) is 18.5 Å². The van der Waals surface area contributed by atoms with Crippen LogP contribution in [0.5, 0.6) is 0 Å². The fourth-order valence-electron chi connectivity index (χ4n) is 2.31. The molecule has 1 aliphatic rings. The fourth-order valence-corrected chi connectivity index (χ4v) is 4.05. The van der Waals surface area contributed by atoms with Crippen molar-refractivity contribution in [3.8, 4) is 0 Å². The van der Waals surface area contributed by atoms with Crippen LogP contribution in [-0.2, 0) is 21.7 Å². The van der Waals surface area contributed by atoms with E-state index in [0.29, 0.717) is 0 Å². The van der Waals surface area contributed by atoms with E-state index in [2.05, 4.69) is 0 Å². The van der Waals surface area contributed by atoms with Crippen molar-refractivity contribution in [1.29, 1.82) is 0 Å². The van der Waals surface area contributed by atoms with Gasteiger partial charge in [0.25, 0.3) is 0 Å². The summed E-state index contributed by atoms with van der Waals surface area (Å²) in [5.74, 6) is -2.34. The van der Waals surface area contributed by atoms with Crippen LogP contribution >= 0.6 is 0 Å². The standard InChI is InChI=1S/C12H15F3N2O3S/c1-17-4-2-8(6-17)10(12(13,14)15)16-11(18)9-3-5-21(19,20)7-9/h2,4,6,9-10H,3,5,7H2,1H3,(H,16,18)/t9-,10+/m1/s1. The number of alkyl halides is 3. The van der Waals surface area contributed by atoms with Gasteiger partial charge in [0.05, 0.1) is 17.4 Å². The first kappa shape index (κ1) is 15.9. The number of nitrogens with zero attached hydrogens (tertiary/aromatic N) is 1. The Hall–Kier alpha value is -1.51. The molecule has 0 spiro atoms. The summed E-state index contributed by atoms with van der Waals surface area (Å²) < 4.78 is 63.3. The Morgan fingerprint density at radius 1 is 1.48 bits per heavy atom. The van der Waals surface area contributed by atoms with E-state index in [-0.39, 0.29) is 17.7 Å². The molecule has 1 N–H and O–H groups in total. The highest BCUT2D eigenvalue weighted by molar-refractivity contribution is 7.91. The van der Waals surface area contributed by atoms with E-state index in [0.717, 1.165) is 0 Å². The van der Waals surface area contributed by atoms with Gasteiger partial charge in [-0.2, -0.15) is 13.2 Å². The van der Waals surface area contributed by atoms with Gasteiger partial charge >= 0.3 is 6.18 Å². The normalized spacial score (nSPS) is 23.0. The summed E-state index contributed by atoms with van der Waals surface area (Å²) in [5.41, 5.74) is -0.0841. The average molecular weight is 324 g/mol. The Morgan fingerprint density at radius 2 is 2.14 bits per heavy atom. The molecule has 1 aromatic heterocycles. The average Bonchev–Trinajstić information content (AvgIpc) is 2.90. The first-order valence-electron chi connectivity index (χ1n) is 6.28. The highest BCUT2D eigenvalue weighted by atomic mass is 32.2. The Balaban J connectivity index is 2.15. The lowest BCUT2D eigenvalue weighted by molar-refractivity contribution is -0.164. The molecule has 2 rings (SSSR count). The molecule has 0 radical (unpaired) electrons. The molecule has 1 saturated heterocycles. The van der Waals surface area contributed by atoms with Gasteiger partial charge in [-0.3, -0.25) is 4.79 Å². The van der Waals surface area contributed by atoms with Gasteiger partial charge in [0.1, 0.15) is 0 Å². The largest absolute Gasteiger partial charge is 0.412 e. The molecule has 0 bridgehead atoms. The fraction of sp³-hybridized carbons (Fsp3) is 0.583. The summed E-state index contributed by atoms with van der Waals surface area (Å²) in [6, 6.07) is -0.862. The molecular formula is C12H15F3N2O3S. The molecule has 0 aliphatic carbocycles. The van der Waals surface area contributed by atoms with E-state index in [1.54, 1.807) is 7.05 Å². The van der Waals surface area contributed by atoms with E-state index in [4.69, 9.17) is 0 Å². The summed E-state index contributed by atoms with van der Waals surface area (Å²) in [6.07, 6.45) is -1.87. The van der Waals surface area contributed by atoms with Gasteiger partial charge in [-0.05, 0) is 12.5 Å². The lowest BCUT2D eigenvalue weighted by atomic mass is 10.1. The zero-order valence-electron chi connectivity index (χ0n) is 11.2. The predicted octanol–water partition coefficient (Wildman–Crippen LogP) is 1.18. The second-order valence-electron chi connectivity index (χ2n) is 5.19. The molecule has 2 atom stereocenters. The van der Waals surface area contributed by atoms with E-state index in [9.17, 15) is 26.4 Å². The lowest BCUT2D eigenvalue weighted by Gasteiger charge is -2.22. The minimum atomic E-state index is -4.64. The molecule has 1 amide bonds. The van der Waals surface area contributed by atoms with E-state index in [1.807, 2.05) is 5.32 Å². The summed E-state index contributed by atoms with van der Waals surface area (Å²) in [7, 11) is -1.75. The molecule has 0 saturated carbocycles. The smallest absolute Gasteiger partial charge is 0.357 e. The summed E-state index contributed by atoms with van der Waals surface area (Å²) in [6.45, 7) is 0. The molecule has 0 aromatic carbocycles. The zero-order valence-corrected chi connectivity index (χ0v) is 12.0. The van der Waals surface area contributed by atoms with E-state index >= 15 is 0 Å². The zero-order chi connectivity index (χ0) is 15.8. The number of hydrogen-bond acceptors (Lipinski definition) is 3. The molecule has 118 valence electrons. The van der Waals surface area contributed by atoms with Gasteiger partial charge in [0, 0.05) is 25.0 Å². The molecule has 1 aromatic rings. The van der Waals surface area contributed by atoms with Gasteiger partial charge in [0.15, 0.2) is 15.9 Å². The van der Waals surface area contributed by atoms with Crippen molar-refractivity contribution in [3.63, 3.8) is 0 Å². The number of carbonyl (C=O) groups excluding carboxylic acids is 1. The van der Waals surface area contributed by atoms with Crippen LogP contribution in [0.4, 0.5) is 13.2 Å². The first-order valence-corrected chi connectivity index (χ1v) is 8.10. The van der Waals surface area contributed by atoms with Crippen molar-refractivity contribution < 1.29 is 26.4 Å². The van der Waals surface area contributed by atoms with Crippen molar-refractivity contribution >= 4 is 15.7 Å². The van der Waals surface area contributed by atoms with Gasteiger partial charge in [-0.25, -0.2) is 8.42 Å². The number of nitrogens with one attached hydrogen (secondary N) is 1. The van der Waals surface area contributed by atoms with Crippen LogP contribution in [0.2, 0.25) is 0 Å². The molecule has 2 heterocycles. The highest BCUT2D eigenvalue weighted by Gasteiger charge is 2.44. The number of sulfone groups is 1. The number of aromatic nitrogens is 1. The highest BCUT2D eigenvalue weighted by Crippen LogP contribution is 2.33. The number of halogens is 3. The first-order chi connectivity index (χ1) is 9.58. The molecule has 1 fully saturated rings. The molecule has 1 aliphatic heterocycles. The van der Waals surface area contributed by atoms with E-state index < -0.39 is 39.6 Å². The van der Waals surface area contributed by atoms with Crippen LogP contribution in [-0.4, -0.2) is 36.6 Å². The molecule has 5 nitrogen and oxygen atoms in total. The van der Waals surface area contributed by atoms with Crippen molar-refractivity contribution in [1.82, 2.24) is 9.88 Å². The second kappa shape index (κ2) is 5.36. The molecule has 0 unspecified atom stereocenters. The van der Waals surface area contributed by atoms with Crippen LogP contribution in [0.3, 0.4) is 0 Å². The quantitative estimate of drug-likeness (QED) is 0.908. The predicted molar refractivity (Wildman–Crippen MR) is 69.1 cm³/mol. The Morgan fingerprint density at radius 3 is 2.57 bits per heavy atom. The number of carbonyl (C=O) groups is 1. The van der Waals surface area contributed by atoms with Gasteiger partial charge in [-0.1, -0.05) is 0 Å². The monoisotopic (exact) mass is 324 g/mol. The van der Waals surface area contributed by atoms with Crippen molar-refractivity contribution in [2.75, 3.05) is 11.5 Å². The third-order valence-electron chi connectivity index (χ3n) is 3.41. The molecular weight excluding hydrogens is 309 g/mol. The maximum Gasteiger partial charge on any atom is 0.412 e. The Bertz CT molecular complexity index is 636. The SMILES string of the molecule is Cn1ccc([C@H](NC(=O)[C@@H]2CCS(=O)(=O)C2)C(F)(F)F)c1. The molecule has 21 heavy (non-hydrogen) atoms. The number of rotatable bonds is 3. The number of aryl methyl sites for hydroxylation is 1. The van der Waals surface area contributed by atoms with Crippen LogP contribution < -0.4 is 5.32 Å². The van der Waals surface area contributed by atoms with Gasteiger partial charge < -0.3 is 9.88 Å². The summed E-state index contributed by atoms with van der Waals surface area (Å²) in [5, 5.41) is 1.92. The number of amides is 1. The van der Waals surface area contributed by atoms with Crippen LogP contribution in [0.1, 0.15) is 18.0 Å². The maximum absolute atomic E-state index is 13.1. The number of hydrogen-bond donors (Lipinski definition) is 1. The van der Waals surface area contributed by atoms with Crippen LogP contribution in [0, 0.1) is 5.92 Å². The van der Waals surface area contributed by atoms with Crippen molar-refractivity contribution in [3.05, 3.63) is 24.0 Å². The lowest BCUT2D eigenvalue weighted by Crippen LogP contribution is -2.41. The Labute approximate surface area is 120 Å². The topological polar surface area (TPSA) is 68.2 Å². The minimum absolute atomic E-state index is 0.0630. The minimum Gasteiger partial charge on any atom is -0.357 e. The maximum atomic E-state index is 13.1. The van der Waals surface area contributed by atoms with Crippen molar-refractivity contribution in [2.45, 2.75) is 18.6 Å². The third kappa shape index (κ3) is 3.78. The third-order valence-corrected chi connectivity index (χ3v) is 5.17. The van der Waals surface area contributed by atoms with Crippen molar-refractivity contribution in [2.24, 2.45) is 13.0 Å². The second-order valence-corrected chi connectivity index (χ2v) is 7.42. The van der Waals surface area contributed by atoms with E-state index in [1.165, 1.54) is 23.0 Å². The van der Waals surface area contributed by atoms with Crippen LogP contribution in [0.25, 0.3) is 0 Å². The summed E-state index contributed by atoms with van der Waals surface area (Å²) in [4.78, 5) is 11.9. The Kier molecular flexibility index (Phi) is 4.05. The summed E-state index contributed by atoms with van der Waals surface area (Å²) >= 11 is 0.